The van der Waals surface area contributed by atoms with Gasteiger partial charge in [-0.1, -0.05) is 29.8 Å². The highest BCUT2D eigenvalue weighted by molar-refractivity contribution is 7.10. The Hall–Kier alpha value is -1.19. The van der Waals surface area contributed by atoms with Gasteiger partial charge >= 0.3 is 0 Å². The molecule has 1 heterocycles. The van der Waals surface area contributed by atoms with E-state index in [1.807, 2.05) is 17.5 Å². The van der Waals surface area contributed by atoms with Crippen LogP contribution in [-0.2, 0) is 17.6 Å². The van der Waals surface area contributed by atoms with Gasteiger partial charge in [0.1, 0.15) is 11.6 Å². The lowest BCUT2D eigenvalue weighted by Crippen LogP contribution is -2.06. The Morgan fingerprint density at radius 1 is 1.24 bits per heavy atom. The number of thiophene rings is 1. The molecule has 2 rings (SSSR count). The minimum absolute atomic E-state index is 0.0416. The Labute approximate surface area is 108 Å². The van der Waals surface area contributed by atoms with Gasteiger partial charge in [0.05, 0.1) is 5.02 Å². The van der Waals surface area contributed by atoms with Gasteiger partial charge in [-0.3, -0.25) is 4.79 Å². The maximum Gasteiger partial charge on any atom is 0.142 e. The first-order valence-corrected chi connectivity index (χ1v) is 6.39. The molecule has 0 unspecified atom stereocenters. The van der Waals surface area contributed by atoms with E-state index in [0.29, 0.717) is 12.0 Å². The molecule has 0 bridgehead atoms. The van der Waals surface area contributed by atoms with Gasteiger partial charge in [-0.05, 0) is 23.1 Å². The quantitative estimate of drug-likeness (QED) is 0.822. The first-order valence-electron chi connectivity index (χ1n) is 5.14. The Kier molecular flexibility index (Phi) is 3.92. The van der Waals surface area contributed by atoms with E-state index < -0.39 is 5.82 Å². The lowest BCUT2D eigenvalue weighted by Gasteiger charge is -2.03. The molecule has 1 aromatic carbocycles. The zero-order valence-corrected chi connectivity index (χ0v) is 10.5. The van der Waals surface area contributed by atoms with Gasteiger partial charge in [-0.15, -0.1) is 11.3 Å². The molecule has 0 spiro atoms. The van der Waals surface area contributed by atoms with Crippen LogP contribution in [0.25, 0.3) is 0 Å². The van der Waals surface area contributed by atoms with Crippen LogP contribution in [0.15, 0.2) is 35.7 Å². The fourth-order valence-corrected chi connectivity index (χ4v) is 2.49. The number of rotatable bonds is 4. The van der Waals surface area contributed by atoms with Gasteiger partial charge in [-0.2, -0.15) is 0 Å². The van der Waals surface area contributed by atoms with Crippen molar-refractivity contribution in [2.75, 3.05) is 0 Å². The monoisotopic (exact) mass is 268 g/mol. The number of carbonyl (C=O) groups is 1. The first-order chi connectivity index (χ1) is 8.16. The van der Waals surface area contributed by atoms with Crippen molar-refractivity contribution < 1.29 is 9.18 Å². The van der Waals surface area contributed by atoms with Crippen LogP contribution in [0, 0.1) is 5.82 Å². The molecule has 1 aromatic heterocycles. The average molecular weight is 269 g/mol. The SMILES string of the molecule is O=C(Cc1cccs1)Cc1cccc(F)c1Cl. The normalized spacial score (nSPS) is 10.5. The molecule has 0 aliphatic rings. The Morgan fingerprint density at radius 3 is 2.76 bits per heavy atom. The van der Waals surface area contributed by atoms with Crippen molar-refractivity contribution in [2.45, 2.75) is 12.8 Å². The van der Waals surface area contributed by atoms with Gasteiger partial charge in [0.25, 0.3) is 0 Å². The molecular weight excluding hydrogens is 259 g/mol. The van der Waals surface area contributed by atoms with E-state index in [1.165, 1.54) is 6.07 Å². The number of hydrogen-bond donors (Lipinski definition) is 0. The van der Waals surface area contributed by atoms with Crippen molar-refractivity contribution in [3.05, 3.63) is 57.0 Å². The van der Waals surface area contributed by atoms with E-state index >= 15 is 0 Å². The van der Waals surface area contributed by atoms with E-state index in [2.05, 4.69) is 0 Å². The van der Waals surface area contributed by atoms with Crippen LogP contribution in [0.1, 0.15) is 10.4 Å². The lowest BCUT2D eigenvalue weighted by molar-refractivity contribution is -0.117. The summed E-state index contributed by atoms with van der Waals surface area (Å²) >= 11 is 7.34. The highest BCUT2D eigenvalue weighted by atomic mass is 35.5. The average Bonchev–Trinajstić information content (AvgIpc) is 2.77. The molecule has 0 N–H and O–H groups in total. The van der Waals surface area contributed by atoms with Gasteiger partial charge in [0.15, 0.2) is 0 Å². The predicted octanol–water partition coefficient (Wildman–Crippen LogP) is 3.89. The van der Waals surface area contributed by atoms with E-state index in [0.717, 1.165) is 4.88 Å². The summed E-state index contributed by atoms with van der Waals surface area (Å²) < 4.78 is 13.2. The second-order valence-electron chi connectivity index (χ2n) is 3.68. The third kappa shape index (κ3) is 3.14. The van der Waals surface area contributed by atoms with Gasteiger partial charge in [0.2, 0.25) is 0 Å². The summed E-state index contributed by atoms with van der Waals surface area (Å²) in [6, 6.07) is 8.35. The molecule has 0 aliphatic carbocycles. The molecule has 0 radical (unpaired) electrons. The van der Waals surface area contributed by atoms with Crippen molar-refractivity contribution >= 4 is 28.7 Å². The molecule has 0 aliphatic heterocycles. The van der Waals surface area contributed by atoms with Crippen LogP contribution in [0.5, 0.6) is 0 Å². The summed E-state index contributed by atoms with van der Waals surface area (Å²) in [5, 5.41) is 1.98. The van der Waals surface area contributed by atoms with Crippen LogP contribution in [0.4, 0.5) is 4.39 Å². The molecule has 0 fully saturated rings. The van der Waals surface area contributed by atoms with Gasteiger partial charge in [-0.25, -0.2) is 4.39 Å². The van der Waals surface area contributed by atoms with Crippen LogP contribution in [0.2, 0.25) is 5.02 Å². The predicted molar refractivity (Wildman–Crippen MR) is 68.1 cm³/mol. The molecule has 4 heteroatoms. The summed E-state index contributed by atoms with van der Waals surface area (Å²) in [5.74, 6) is -0.437. The third-order valence-electron chi connectivity index (χ3n) is 2.37. The van der Waals surface area contributed by atoms with Crippen molar-refractivity contribution in [3.8, 4) is 0 Å². The highest BCUT2D eigenvalue weighted by Crippen LogP contribution is 2.21. The van der Waals surface area contributed by atoms with E-state index in [4.69, 9.17) is 11.6 Å². The summed E-state index contributed by atoms with van der Waals surface area (Å²) in [6.45, 7) is 0. The summed E-state index contributed by atoms with van der Waals surface area (Å²) in [6.07, 6.45) is 0.555. The van der Waals surface area contributed by atoms with Crippen molar-refractivity contribution in [3.63, 3.8) is 0 Å². The smallest absolute Gasteiger partial charge is 0.142 e. The van der Waals surface area contributed by atoms with Gasteiger partial charge in [0, 0.05) is 17.7 Å². The number of benzene rings is 1. The molecule has 1 nitrogen and oxygen atoms in total. The number of halogens is 2. The maximum absolute atomic E-state index is 13.2. The molecule has 17 heavy (non-hydrogen) atoms. The molecule has 0 atom stereocenters. The molecular formula is C13H10ClFOS. The Morgan fingerprint density at radius 2 is 2.06 bits per heavy atom. The highest BCUT2D eigenvalue weighted by Gasteiger charge is 2.11. The van der Waals surface area contributed by atoms with Crippen LogP contribution in [-0.4, -0.2) is 5.78 Å². The largest absolute Gasteiger partial charge is 0.299 e. The second-order valence-corrected chi connectivity index (χ2v) is 5.09. The van der Waals surface area contributed by atoms with Crippen molar-refractivity contribution in [1.82, 2.24) is 0 Å². The number of hydrogen-bond acceptors (Lipinski definition) is 2. The fourth-order valence-electron chi connectivity index (χ4n) is 1.57. The second kappa shape index (κ2) is 5.43. The van der Waals surface area contributed by atoms with E-state index in [1.54, 1.807) is 23.5 Å². The summed E-state index contributed by atoms with van der Waals surface area (Å²) in [7, 11) is 0. The summed E-state index contributed by atoms with van der Waals surface area (Å²) in [5.41, 5.74) is 0.549. The van der Waals surface area contributed by atoms with Crippen LogP contribution < -0.4 is 0 Å². The fraction of sp³-hybridized carbons (Fsp3) is 0.154. The Bertz CT molecular complexity index is 522. The third-order valence-corrected chi connectivity index (χ3v) is 3.67. The molecule has 88 valence electrons. The zero-order chi connectivity index (χ0) is 12.3. The van der Waals surface area contributed by atoms with E-state index in [-0.39, 0.29) is 17.2 Å². The molecule has 2 aromatic rings. The number of carbonyl (C=O) groups excluding carboxylic acids is 1. The Balaban J connectivity index is 2.06. The maximum atomic E-state index is 13.2. The lowest BCUT2D eigenvalue weighted by atomic mass is 10.1. The standard InChI is InChI=1S/C13H10ClFOS/c14-13-9(3-1-5-12(13)15)7-10(16)8-11-4-2-6-17-11/h1-6H,7-8H2. The van der Waals surface area contributed by atoms with Crippen LogP contribution >= 0.6 is 22.9 Å². The number of Topliss-reactive ketones (excluding diaryl/α,β-unsaturated/α-hetero) is 1. The van der Waals surface area contributed by atoms with Crippen LogP contribution in [0.3, 0.4) is 0 Å². The zero-order valence-electron chi connectivity index (χ0n) is 8.95. The molecule has 0 saturated heterocycles. The van der Waals surface area contributed by atoms with E-state index in [9.17, 15) is 9.18 Å². The van der Waals surface area contributed by atoms with Crippen molar-refractivity contribution in [1.29, 1.82) is 0 Å². The topological polar surface area (TPSA) is 17.1 Å². The molecule has 0 amide bonds. The van der Waals surface area contributed by atoms with Gasteiger partial charge < -0.3 is 0 Å². The molecule has 0 saturated carbocycles. The first kappa shape index (κ1) is 12.3. The minimum atomic E-state index is -0.479. The minimum Gasteiger partial charge on any atom is -0.299 e. The summed E-state index contributed by atoms with van der Waals surface area (Å²) in [4.78, 5) is 12.8. The van der Waals surface area contributed by atoms with Crippen molar-refractivity contribution in [2.24, 2.45) is 0 Å². The number of ketones is 1.